The molecule has 0 radical (unpaired) electrons. The molecule has 1 saturated carbocycles. The Bertz CT molecular complexity index is 1170. The molecule has 11 nitrogen and oxygen atoms in total. The van der Waals surface area contributed by atoms with Gasteiger partial charge in [0.2, 0.25) is 11.9 Å². The summed E-state index contributed by atoms with van der Waals surface area (Å²) in [5, 5.41) is 15.7. The highest BCUT2D eigenvalue weighted by Crippen LogP contribution is 2.26. The molecule has 152 valence electrons. The summed E-state index contributed by atoms with van der Waals surface area (Å²) in [5.74, 6) is 0.471. The Morgan fingerprint density at radius 2 is 2.10 bits per heavy atom. The number of amides is 3. The fraction of sp³-hybridized carbons (Fsp3) is 0.263. The lowest BCUT2D eigenvalue weighted by molar-refractivity contribution is -0.115. The Labute approximate surface area is 171 Å². The van der Waals surface area contributed by atoms with E-state index in [0.29, 0.717) is 29.1 Å². The molecule has 1 saturated heterocycles. The first kappa shape index (κ1) is 18.0. The van der Waals surface area contributed by atoms with Crippen LogP contribution in [0.15, 0.2) is 36.3 Å². The lowest BCUT2D eigenvalue weighted by atomic mass is 10.2. The summed E-state index contributed by atoms with van der Waals surface area (Å²) in [6.07, 6.45) is 7.01. The van der Waals surface area contributed by atoms with Crippen molar-refractivity contribution in [3.63, 3.8) is 0 Å². The zero-order valence-electron chi connectivity index (χ0n) is 16.1. The molecular formula is C19H19N9O2. The van der Waals surface area contributed by atoms with E-state index in [-0.39, 0.29) is 11.7 Å². The van der Waals surface area contributed by atoms with Crippen LogP contribution in [0.25, 0.3) is 11.7 Å². The molecule has 0 spiro atoms. The molecule has 1 aliphatic heterocycles. The van der Waals surface area contributed by atoms with Crippen LogP contribution >= 0.6 is 0 Å². The highest BCUT2D eigenvalue weighted by atomic mass is 16.2. The van der Waals surface area contributed by atoms with E-state index in [4.69, 9.17) is 0 Å². The molecule has 30 heavy (non-hydrogen) atoms. The Balaban J connectivity index is 1.53. The van der Waals surface area contributed by atoms with Gasteiger partial charge in [-0.05, 0) is 38.0 Å². The van der Waals surface area contributed by atoms with Crippen LogP contribution in [0, 0.1) is 0 Å². The summed E-state index contributed by atoms with van der Waals surface area (Å²) in [6, 6.07) is 5.39. The second-order valence-corrected chi connectivity index (χ2v) is 7.21. The molecule has 5 rings (SSSR count). The third-order valence-corrected chi connectivity index (χ3v) is 4.80. The van der Waals surface area contributed by atoms with Crippen molar-refractivity contribution in [1.82, 2.24) is 35.2 Å². The van der Waals surface area contributed by atoms with E-state index in [1.807, 2.05) is 25.1 Å². The molecule has 2 aliphatic rings. The van der Waals surface area contributed by atoms with Gasteiger partial charge < -0.3 is 16.0 Å². The third kappa shape index (κ3) is 3.52. The van der Waals surface area contributed by atoms with Gasteiger partial charge in [0, 0.05) is 17.8 Å². The smallest absolute Gasteiger partial charge is 0.326 e. The number of nitrogens with one attached hydrogen (secondary N) is 4. The first-order valence-corrected chi connectivity index (χ1v) is 9.60. The second-order valence-electron chi connectivity index (χ2n) is 7.21. The second kappa shape index (κ2) is 7.10. The number of hydrogen-bond donors (Lipinski definition) is 4. The van der Waals surface area contributed by atoms with Gasteiger partial charge in [0.1, 0.15) is 5.70 Å². The van der Waals surface area contributed by atoms with Gasteiger partial charge in [0.05, 0.1) is 17.9 Å². The molecule has 1 atom stereocenters. The highest BCUT2D eigenvalue weighted by molar-refractivity contribution is 6.14. The van der Waals surface area contributed by atoms with Crippen molar-refractivity contribution >= 4 is 35.6 Å². The van der Waals surface area contributed by atoms with Crippen molar-refractivity contribution in [2.24, 2.45) is 0 Å². The van der Waals surface area contributed by atoms with Crippen LogP contribution in [0.5, 0.6) is 0 Å². The standard InChI is InChI=1S/C19H19N9O2/c1-10(13-4-2-3-7-20-13)22-17-25-15-11(8-14-16(29)26-19(30)24-14)9-21-28(15)18(27-17)23-12-5-6-12/h2-4,7-10,12H,5-6H2,1H3,(H2,22,23,25,27)(H2,24,26,29,30)/b14-8-/t10-/m1/s1. The fourth-order valence-electron chi connectivity index (χ4n) is 3.10. The van der Waals surface area contributed by atoms with E-state index < -0.39 is 11.9 Å². The fourth-order valence-corrected chi connectivity index (χ4v) is 3.10. The van der Waals surface area contributed by atoms with Crippen LogP contribution in [-0.4, -0.2) is 42.5 Å². The average molecular weight is 405 g/mol. The largest absolute Gasteiger partial charge is 0.351 e. The number of aromatic nitrogens is 5. The van der Waals surface area contributed by atoms with Crippen molar-refractivity contribution in [2.75, 3.05) is 10.6 Å². The van der Waals surface area contributed by atoms with Gasteiger partial charge in [-0.2, -0.15) is 19.6 Å². The minimum Gasteiger partial charge on any atom is -0.351 e. The van der Waals surface area contributed by atoms with E-state index in [0.717, 1.165) is 18.5 Å². The number of pyridine rings is 1. The molecule has 0 unspecified atom stereocenters. The molecule has 0 aromatic carbocycles. The van der Waals surface area contributed by atoms with Gasteiger partial charge >= 0.3 is 6.03 Å². The van der Waals surface area contributed by atoms with Gasteiger partial charge in [0.25, 0.3) is 5.91 Å². The number of fused-ring (bicyclic) bond motifs is 1. The van der Waals surface area contributed by atoms with Crippen molar-refractivity contribution in [2.45, 2.75) is 31.8 Å². The van der Waals surface area contributed by atoms with Crippen molar-refractivity contribution < 1.29 is 9.59 Å². The number of imide groups is 1. The number of urea groups is 1. The SMILES string of the molecule is C[C@@H](Nc1nc(NC2CC2)n2ncc(/C=C3\NC(=O)NC3=O)c2n1)c1ccccn1. The highest BCUT2D eigenvalue weighted by Gasteiger charge is 2.26. The molecule has 1 aliphatic carbocycles. The summed E-state index contributed by atoms with van der Waals surface area (Å²) in [4.78, 5) is 36.8. The van der Waals surface area contributed by atoms with Crippen LogP contribution < -0.4 is 21.3 Å². The van der Waals surface area contributed by atoms with E-state index in [2.05, 4.69) is 41.3 Å². The average Bonchev–Trinajstić information content (AvgIpc) is 3.37. The number of hydrogen-bond acceptors (Lipinski definition) is 8. The zero-order chi connectivity index (χ0) is 20.7. The first-order chi connectivity index (χ1) is 14.6. The van der Waals surface area contributed by atoms with Crippen LogP contribution in [0.2, 0.25) is 0 Å². The van der Waals surface area contributed by atoms with Crippen LogP contribution in [0.4, 0.5) is 16.7 Å². The molecule has 3 aromatic heterocycles. The van der Waals surface area contributed by atoms with E-state index in [1.54, 1.807) is 23.0 Å². The first-order valence-electron chi connectivity index (χ1n) is 9.60. The molecule has 4 N–H and O–H groups in total. The van der Waals surface area contributed by atoms with Crippen molar-refractivity contribution in [3.05, 3.63) is 47.5 Å². The van der Waals surface area contributed by atoms with Gasteiger partial charge in [-0.3, -0.25) is 15.1 Å². The van der Waals surface area contributed by atoms with Gasteiger partial charge in [0.15, 0.2) is 5.65 Å². The summed E-state index contributed by atoms with van der Waals surface area (Å²) in [7, 11) is 0. The maximum atomic E-state index is 11.9. The van der Waals surface area contributed by atoms with E-state index in [1.165, 1.54) is 0 Å². The lowest BCUT2D eigenvalue weighted by Crippen LogP contribution is -2.22. The van der Waals surface area contributed by atoms with Crippen molar-refractivity contribution in [1.29, 1.82) is 0 Å². The molecule has 11 heteroatoms. The van der Waals surface area contributed by atoms with Crippen LogP contribution in [-0.2, 0) is 4.79 Å². The maximum Gasteiger partial charge on any atom is 0.326 e. The minimum absolute atomic E-state index is 0.118. The number of carbonyl (C=O) groups is 2. The number of carbonyl (C=O) groups excluding carboxylic acids is 2. The molecule has 0 bridgehead atoms. The van der Waals surface area contributed by atoms with Gasteiger partial charge in [-0.25, -0.2) is 4.79 Å². The number of anilines is 2. The summed E-state index contributed by atoms with van der Waals surface area (Å²) >= 11 is 0. The molecule has 3 amide bonds. The van der Waals surface area contributed by atoms with Crippen molar-refractivity contribution in [3.8, 4) is 0 Å². The van der Waals surface area contributed by atoms with E-state index >= 15 is 0 Å². The Kier molecular flexibility index (Phi) is 4.27. The monoisotopic (exact) mass is 405 g/mol. The summed E-state index contributed by atoms with van der Waals surface area (Å²) < 4.78 is 1.59. The maximum absolute atomic E-state index is 11.9. The molecule has 4 heterocycles. The molecule has 2 fully saturated rings. The minimum atomic E-state index is -0.556. The lowest BCUT2D eigenvalue weighted by Gasteiger charge is -2.15. The Morgan fingerprint density at radius 3 is 2.80 bits per heavy atom. The van der Waals surface area contributed by atoms with Crippen LogP contribution in [0.1, 0.15) is 37.1 Å². The number of nitrogens with zero attached hydrogens (tertiary/aromatic N) is 5. The normalized spacial score (nSPS) is 18.4. The Hall–Kier alpha value is -4.02. The predicted molar refractivity (Wildman–Crippen MR) is 108 cm³/mol. The summed E-state index contributed by atoms with van der Waals surface area (Å²) in [5.41, 5.74) is 2.09. The van der Waals surface area contributed by atoms with Crippen LogP contribution in [0.3, 0.4) is 0 Å². The number of rotatable bonds is 6. The summed E-state index contributed by atoms with van der Waals surface area (Å²) in [6.45, 7) is 1.97. The quantitative estimate of drug-likeness (QED) is 0.357. The topological polar surface area (TPSA) is 138 Å². The third-order valence-electron chi connectivity index (χ3n) is 4.80. The molecular weight excluding hydrogens is 386 g/mol. The molecule has 3 aromatic rings. The zero-order valence-corrected chi connectivity index (χ0v) is 16.1. The van der Waals surface area contributed by atoms with E-state index in [9.17, 15) is 9.59 Å². The Morgan fingerprint density at radius 1 is 1.23 bits per heavy atom. The van der Waals surface area contributed by atoms with Gasteiger partial charge in [-0.15, -0.1) is 0 Å². The predicted octanol–water partition coefficient (Wildman–Crippen LogP) is 1.45. The van der Waals surface area contributed by atoms with Gasteiger partial charge in [-0.1, -0.05) is 6.07 Å².